The molecule has 0 bridgehead atoms. The van der Waals surface area contributed by atoms with Gasteiger partial charge in [-0.1, -0.05) is 31.9 Å². The van der Waals surface area contributed by atoms with Gasteiger partial charge in [0.15, 0.2) is 0 Å². The summed E-state index contributed by atoms with van der Waals surface area (Å²) in [4.78, 5) is 11.7. The number of phenols is 1. The summed E-state index contributed by atoms with van der Waals surface area (Å²) in [5.74, 6) is 0.0713. The van der Waals surface area contributed by atoms with Crippen molar-refractivity contribution in [2.24, 2.45) is 5.92 Å². The fourth-order valence-electron chi connectivity index (χ4n) is 1.20. The molecule has 1 unspecified atom stereocenters. The maximum atomic E-state index is 11.7. The van der Waals surface area contributed by atoms with Crippen molar-refractivity contribution in [3.63, 3.8) is 0 Å². The zero-order chi connectivity index (χ0) is 12.1. The van der Waals surface area contributed by atoms with Gasteiger partial charge >= 0.3 is 0 Å². The Hall–Kier alpha value is -1.22. The average Bonchev–Trinajstić information content (AvgIpc) is 2.25. The molecule has 0 aliphatic carbocycles. The molecule has 1 aromatic rings. The molecule has 0 spiro atoms. The van der Waals surface area contributed by atoms with Crippen molar-refractivity contribution < 1.29 is 9.90 Å². The van der Waals surface area contributed by atoms with E-state index in [2.05, 4.69) is 19.2 Å². The summed E-state index contributed by atoms with van der Waals surface area (Å²) < 4.78 is 0. The van der Waals surface area contributed by atoms with Crippen LogP contribution >= 0.6 is 11.6 Å². The third-order valence-corrected chi connectivity index (χ3v) is 2.75. The number of benzene rings is 1. The van der Waals surface area contributed by atoms with E-state index in [9.17, 15) is 9.90 Å². The molecule has 0 saturated carbocycles. The first-order valence-electron chi connectivity index (χ1n) is 5.31. The Morgan fingerprint density at radius 2 is 2.25 bits per heavy atom. The molecule has 4 heteroatoms. The van der Waals surface area contributed by atoms with Crippen LogP contribution in [0, 0.1) is 5.92 Å². The molecule has 1 atom stereocenters. The second-order valence-corrected chi connectivity index (χ2v) is 4.32. The number of amides is 1. The van der Waals surface area contributed by atoms with Crippen LogP contribution in [0.5, 0.6) is 5.75 Å². The lowest BCUT2D eigenvalue weighted by atomic mass is 10.1. The molecular weight excluding hydrogens is 226 g/mol. The number of carbonyl (C=O) groups excluding carboxylic acids is 1. The van der Waals surface area contributed by atoms with Gasteiger partial charge in [-0.2, -0.15) is 0 Å². The molecule has 0 aliphatic heterocycles. The predicted octanol–water partition coefficient (Wildman–Crippen LogP) is 2.82. The van der Waals surface area contributed by atoms with Crippen molar-refractivity contribution in [1.82, 2.24) is 5.32 Å². The maximum absolute atomic E-state index is 11.7. The minimum atomic E-state index is -0.269. The minimum Gasteiger partial charge on any atom is -0.507 e. The summed E-state index contributed by atoms with van der Waals surface area (Å²) in [5, 5.41) is 12.7. The van der Waals surface area contributed by atoms with Gasteiger partial charge in [0, 0.05) is 11.6 Å². The molecule has 0 aliphatic rings. The number of rotatable bonds is 4. The second-order valence-electron chi connectivity index (χ2n) is 3.88. The molecule has 0 aromatic heterocycles. The first-order valence-corrected chi connectivity index (χ1v) is 5.69. The highest BCUT2D eigenvalue weighted by Crippen LogP contribution is 2.21. The Kier molecular flexibility index (Phi) is 4.62. The van der Waals surface area contributed by atoms with E-state index < -0.39 is 0 Å². The van der Waals surface area contributed by atoms with Gasteiger partial charge in [-0.25, -0.2) is 0 Å². The molecule has 1 aromatic carbocycles. The largest absolute Gasteiger partial charge is 0.507 e. The Morgan fingerprint density at radius 3 is 2.81 bits per heavy atom. The van der Waals surface area contributed by atoms with Gasteiger partial charge < -0.3 is 10.4 Å². The van der Waals surface area contributed by atoms with E-state index >= 15 is 0 Å². The zero-order valence-corrected chi connectivity index (χ0v) is 10.2. The van der Waals surface area contributed by atoms with Crippen LogP contribution in [-0.2, 0) is 0 Å². The molecule has 0 radical (unpaired) electrons. The van der Waals surface area contributed by atoms with E-state index in [1.54, 1.807) is 6.07 Å². The van der Waals surface area contributed by atoms with E-state index in [-0.39, 0.29) is 17.2 Å². The zero-order valence-electron chi connectivity index (χ0n) is 9.46. The molecule has 2 N–H and O–H groups in total. The summed E-state index contributed by atoms with van der Waals surface area (Å²) in [7, 11) is 0. The molecule has 1 rings (SSSR count). The SMILES string of the molecule is CCC(C)CNC(=O)c1ccc(Cl)cc1O. The molecule has 1 amide bonds. The highest BCUT2D eigenvalue weighted by Gasteiger charge is 2.11. The van der Waals surface area contributed by atoms with Gasteiger partial charge in [0.25, 0.3) is 5.91 Å². The van der Waals surface area contributed by atoms with Gasteiger partial charge in [0.2, 0.25) is 0 Å². The van der Waals surface area contributed by atoms with Gasteiger partial charge in [-0.3, -0.25) is 4.79 Å². The van der Waals surface area contributed by atoms with Crippen LogP contribution in [0.3, 0.4) is 0 Å². The summed E-state index contributed by atoms with van der Waals surface area (Å²) in [6.45, 7) is 4.73. The normalized spacial score (nSPS) is 12.2. The standard InChI is InChI=1S/C12H16ClNO2/c1-3-8(2)7-14-12(16)10-5-4-9(13)6-11(10)15/h4-6,8,15H,3,7H2,1-2H3,(H,14,16). The van der Waals surface area contributed by atoms with Crippen LogP contribution in [0.2, 0.25) is 5.02 Å². The summed E-state index contributed by atoms with van der Waals surface area (Å²) in [5.41, 5.74) is 0.257. The van der Waals surface area contributed by atoms with E-state index in [0.717, 1.165) is 6.42 Å². The number of carbonyl (C=O) groups is 1. The lowest BCUT2D eigenvalue weighted by molar-refractivity contribution is 0.0945. The topological polar surface area (TPSA) is 49.3 Å². The lowest BCUT2D eigenvalue weighted by Crippen LogP contribution is -2.28. The van der Waals surface area contributed by atoms with Crippen molar-refractivity contribution in [3.8, 4) is 5.75 Å². The van der Waals surface area contributed by atoms with Gasteiger partial charge in [0.05, 0.1) is 5.56 Å². The first-order chi connectivity index (χ1) is 7.54. The number of halogens is 1. The van der Waals surface area contributed by atoms with Crippen LogP contribution in [0.4, 0.5) is 0 Å². The summed E-state index contributed by atoms with van der Waals surface area (Å²) >= 11 is 5.68. The van der Waals surface area contributed by atoms with Crippen molar-refractivity contribution in [2.75, 3.05) is 6.54 Å². The molecule has 0 fully saturated rings. The lowest BCUT2D eigenvalue weighted by Gasteiger charge is -2.10. The highest BCUT2D eigenvalue weighted by atomic mass is 35.5. The monoisotopic (exact) mass is 241 g/mol. The van der Waals surface area contributed by atoms with E-state index in [1.165, 1.54) is 12.1 Å². The molecule has 0 heterocycles. The van der Waals surface area contributed by atoms with Crippen LogP contribution in [-0.4, -0.2) is 17.6 Å². The smallest absolute Gasteiger partial charge is 0.255 e. The van der Waals surface area contributed by atoms with Crippen molar-refractivity contribution in [2.45, 2.75) is 20.3 Å². The number of phenolic OH excluding ortho intramolecular Hbond substituents is 1. The highest BCUT2D eigenvalue weighted by molar-refractivity contribution is 6.30. The van der Waals surface area contributed by atoms with Crippen LogP contribution < -0.4 is 5.32 Å². The van der Waals surface area contributed by atoms with E-state index in [1.807, 2.05) is 0 Å². The van der Waals surface area contributed by atoms with Crippen LogP contribution in [0.25, 0.3) is 0 Å². The van der Waals surface area contributed by atoms with Crippen molar-refractivity contribution >= 4 is 17.5 Å². The number of nitrogens with one attached hydrogen (secondary N) is 1. The van der Waals surface area contributed by atoms with Gasteiger partial charge in [0.1, 0.15) is 5.75 Å². The number of hydrogen-bond acceptors (Lipinski definition) is 2. The summed E-state index contributed by atoms with van der Waals surface area (Å²) in [6, 6.07) is 4.46. The third kappa shape index (κ3) is 3.42. The molecule has 3 nitrogen and oxygen atoms in total. The third-order valence-electron chi connectivity index (χ3n) is 2.51. The first kappa shape index (κ1) is 12.8. The van der Waals surface area contributed by atoms with Gasteiger partial charge in [-0.05, 0) is 24.1 Å². The van der Waals surface area contributed by atoms with E-state index in [0.29, 0.717) is 17.5 Å². The Balaban J connectivity index is 2.66. The molecule has 16 heavy (non-hydrogen) atoms. The number of aromatic hydroxyl groups is 1. The minimum absolute atomic E-state index is 0.0887. The second kappa shape index (κ2) is 5.75. The van der Waals surface area contributed by atoms with E-state index in [4.69, 9.17) is 11.6 Å². The van der Waals surface area contributed by atoms with Crippen molar-refractivity contribution in [1.29, 1.82) is 0 Å². The fourth-order valence-corrected chi connectivity index (χ4v) is 1.37. The fraction of sp³-hybridized carbons (Fsp3) is 0.417. The molecule has 88 valence electrons. The molecule has 0 saturated heterocycles. The Morgan fingerprint density at radius 1 is 1.56 bits per heavy atom. The average molecular weight is 242 g/mol. The summed E-state index contributed by atoms with van der Waals surface area (Å²) in [6.07, 6.45) is 1.01. The Labute approximate surface area is 100 Å². The van der Waals surface area contributed by atoms with Gasteiger partial charge in [-0.15, -0.1) is 0 Å². The quantitative estimate of drug-likeness (QED) is 0.852. The van der Waals surface area contributed by atoms with Crippen molar-refractivity contribution in [3.05, 3.63) is 28.8 Å². The molecular formula is C12H16ClNO2. The van der Waals surface area contributed by atoms with Crippen LogP contribution in [0.15, 0.2) is 18.2 Å². The number of hydrogen-bond donors (Lipinski definition) is 2. The predicted molar refractivity (Wildman–Crippen MR) is 64.9 cm³/mol. The van der Waals surface area contributed by atoms with Crippen LogP contribution in [0.1, 0.15) is 30.6 Å². The maximum Gasteiger partial charge on any atom is 0.255 e. The Bertz CT molecular complexity index is 379.